The number of benzene rings is 1. The van der Waals surface area contributed by atoms with E-state index in [0.29, 0.717) is 17.2 Å². The van der Waals surface area contributed by atoms with Gasteiger partial charge in [-0.3, -0.25) is 9.59 Å². The van der Waals surface area contributed by atoms with Crippen molar-refractivity contribution < 1.29 is 4.79 Å². The Labute approximate surface area is 161 Å². The number of anilines is 1. The number of carbonyl (C=O) groups excluding carboxylic acids is 1. The average Bonchev–Trinajstić information content (AvgIpc) is 3.52. The van der Waals surface area contributed by atoms with E-state index in [9.17, 15) is 9.59 Å². The molecule has 5 nitrogen and oxygen atoms in total. The van der Waals surface area contributed by atoms with Crippen molar-refractivity contribution >= 4 is 23.4 Å². The SMILES string of the molecule is O=C(Nc1cccc(CSc2ccccn2)c1)c1cc(C2CC2)[nH]c(=O)c1. The number of aromatic nitrogens is 2. The van der Waals surface area contributed by atoms with E-state index in [-0.39, 0.29) is 11.5 Å². The number of nitrogens with zero attached hydrogens (tertiary/aromatic N) is 1. The van der Waals surface area contributed by atoms with Gasteiger partial charge in [0.15, 0.2) is 0 Å². The topological polar surface area (TPSA) is 74.8 Å². The summed E-state index contributed by atoms with van der Waals surface area (Å²) < 4.78 is 0. The van der Waals surface area contributed by atoms with Gasteiger partial charge >= 0.3 is 0 Å². The summed E-state index contributed by atoms with van der Waals surface area (Å²) in [6.07, 6.45) is 3.91. The molecule has 1 aliphatic carbocycles. The van der Waals surface area contributed by atoms with E-state index in [4.69, 9.17) is 0 Å². The second kappa shape index (κ2) is 7.80. The highest BCUT2D eigenvalue weighted by Gasteiger charge is 2.25. The average molecular weight is 377 g/mol. The monoisotopic (exact) mass is 377 g/mol. The van der Waals surface area contributed by atoms with Crippen LogP contribution in [0, 0.1) is 0 Å². The van der Waals surface area contributed by atoms with E-state index < -0.39 is 0 Å². The van der Waals surface area contributed by atoms with Gasteiger partial charge in [0.2, 0.25) is 5.56 Å². The van der Waals surface area contributed by atoms with Gasteiger partial charge in [-0.15, -0.1) is 11.8 Å². The van der Waals surface area contributed by atoms with Gasteiger partial charge in [-0.05, 0) is 54.7 Å². The van der Waals surface area contributed by atoms with Gasteiger partial charge in [-0.25, -0.2) is 4.98 Å². The lowest BCUT2D eigenvalue weighted by atomic mass is 10.1. The zero-order valence-corrected chi connectivity index (χ0v) is 15.5. The van der Waals surface area contributed by atoms with Crippen molar-refractivity contribution in [1.82, 2.24) is 9.97 Å². The van der Waals surface area contributed by atoms with Crippen molar-refractivity contribution in [2.75, 3.05) is 5.32 Å². The summed E-state index contributed by atoms with van der Waals surface area (Å²) in [6, 6.07) is 16.7. The maximum atomic E-state index is 12.6. The molecule has 1 aromatic carbocycles. The normalized spacial score (nSPS) is 13.3. The number of amides is 1. The molecule has 4 rings (SSSR count). The molecule has 0 bridgehead atoms. The van der Waals surface area contributed by atoms with Gasteiger partial charge in [0.25, 0.3) is 5.91 Å². The molecule has 136 valence electrons. The molecule has 6 heteroatoms. The summed E-state index contributed by atoms with van der Waals surface area (Å²) in [6.45, 7) is 0. The molecule has 3 aromatic rings. The van der Waals surface area contributed by atoms with Crippen LogP contribution in [0.5, 0.6) is 0 Å². The second-order valence-electron chi connectivity index (χ2n) is 6.57. The van der Waals surface area contributed by atoms with Crippen LogP contribution in [-0.4, -0.2) is 15.9 Å². The van der Waals surface area contributed by atoms with Gasteiger partial charge in [0, 0.05) is 35.0 Å². The molecule has 0 spiro atoms. The second-order valence-corrected chi connectivity index (χ2v) is 7.57. The number of thioether (sulfide) groups is 1. The van der Waals surface area contributed by atoms with E-state index in [0.717, 1.165) is 34.9 Å². The number of nitrogens with one attached hydrogen (secondary N) is 2. The fraction of sp³-hybridized carbons (Fsp3) is 0.190. The van der Waals surface area contributed by atoms with Crippen molar-refractivity contribution in [2.45, 2.75) is 29.5 Å². The standard InChI is InChI=1S/C21H19N3O2S/c25-19-12-16(11-18(24-19)15-7-8-15)21(26)23-17-5-3-4-14(10-17)13-27-20-6-1-2-9-22-20/h1-6,9-12,15H,7-8,13H2,(H,23,26)(H,24,25). The molecule has 0 saturated heterocycles. The highest BCUT2D eigenvalue weighted by Crippen LogP contribution is 2.38. The van der Waals surface area contributed by atoms with Crippen LogP contribution >= 0.6 is 11.8 Å². The zero-order valence-electron chi connectivity index (χ0n) is 14.6. The predicted octanol–water partition coefficient (Wildman–Crippen LogP) is 4.19. The number of aromatic amines is 1. The third-order valence-corrected chi connectivity index (χ3v) is 5.37. The van der Waals surface area contributed by atoms with Crippen LogP contribution in [0.1, 0.15) is 40.4 Å². The first-order valence-corrected chi connectivity index (χ1v) is 9.84. The van der Waals surface area contributed by atoms with Crippen LogP contribution in [0.3, 0.4) is 0 Å². The lowest BCUT2D eigenvalue weighted by molar-refractivity contribution is 0.102. The molecule has 27 heavy (non-hydrogen) atoms. The molecule has 0 aliphatic heterocycles. The summed E-state index contributed by atoms with van der Waals surface area (Å²) in [4.78, 5) is 31.5. The lowest BCUT2D eigenvalue weighted by Gasteiger charge is -2.08. The third-order valence-electron chi connectivity index (χ3n) is 4.35. The molecule has 2 heterocycles. The predicted molar refractivity (Wildman–Crippen MR) is 107 cm³/mol. The van der Waals surface area contributed by atoms with Crippen molar-refractivity contribution in [1.29, 1.82) is 0 Å². The minimum atomic E-state index is -0.266. The smallest absolute Gasteiger partial charge is 0.255 e. The molecule has 1 saturated carbocycles. The first kappa shape index (κ1) is 17.5. The molecular weight excluding hydrogens is 358 g/mol. The van der Waals surface area contributed by atoms with Crippen LogP contribution in [0.2, 0.25) is 0 Å². The molecule has 1 amide bonds. The molecule has 1 aliphatic rings. The van der Waals surface area contributed by atoms with E-state index in [1.807, 2.05) is 42.5 Å². The lowest BCUT2D eigenvalue weighted by Crippen LogP contribution is -2.17. The first-order chi connectivity index (χ1) is 13.2. The van der Waals surface area contributed by atoms with Gasteiger partial charge < -0.3 is 10.3 Å². The van der Waals surface area contributed by atoms with Gasteiger partial charge in [0.1, 0.15) is 0 Å². The molecule has 0 atom stereocenters. The summed E-state index contributed by atoms with van der Waals surface area (Å²) in [5, 5.41) is 3.86. The fourth-order valence-electron chi connectivity index (χ4n) is 2.84. The maximum Gasteiger partial charge on any atom is 0.255 e. The van der Waals surface area contributed by atoms with E-state index in [1.165, 1.54) is 6.07 Å². The maximum absolute atomic E-state index is 12.6. The number of carbonyl (C=O) groups is 1. The number of rotatable bonds is 6. The van der Waals surface area contributed by atoms with Gasteiger partial charge in [-0.1, -0.05) is 18.2 Å². The Morgan fingerprint density at radius 3 is 2.81 bits per heavy atom. The Bertz CT molecular complexity index is 1010. The molecule has 2 N–H and O–H groups in total. The minimum Gasteiger partial charge on any atom is -0.326 e. The fourth-order valence-corrected chi connectivity index (χ4v) is 3.65. The molecule has 0 unspecified atom stereocenters. The largest absolute Gasteiger partial charge is 0.326 e. The summed E-state index contributed by atoms with van der Waals surface area (Å²) in [5.74, 6) is 0.882. The van der Waals surface area contributed by atoms with Crippen LogP contribution in [0.4, 0.5) is 5.69 Å². The summed E-state index contributed by atoms with van der Waals surface area (Å²) in [5.41, 5.74) is 2.83. The third kappa shape index (κ3) is 4.65. The minimum absolute atomic E-state index is 0.231. The molecule has 0 radical (unpaired) electrons. The molecular formula is C21H19N3O2S. The Hall–Kier alpha value is -2.86. The Morgan fingerprint density at radius 1 is 1.15 bits per heavy atom. The zero-order chi connectivity index (χ0) is 18.6. The van der Waals surface area contributed by atoms with Crippen molar-refractivity contribution in [2.24, 2.45) is 0 Å². The Kier molecular flexibility index (Phi) is 5.07. The van der Waals surface area contributed by atoms with Crippen molar-refractivity contribution in [3.8, 4) is 0 Å². The van der Waals surface area contributed by atoms with Crippen LogP contribution in [0.25, 0.3) is 0 Å². The number of pyridine rings is 2. The number of H-pyrrole nitrogens is 1. The van der Waals surface area contributed by atoms with Crippen molar-refractivity contribution in [3.05, 3.63) is 88.0 Å². The molecule has 1 fully saturated rings. The molecule has 2 aromatic heterocycles. The highest BCUT2D eigenvalue weighted by molar-refractivity contribution is 7.98. The van der Waals surface area contributed by atoms with E-state index in [1.54, 1.807) is 24.0 Å². The summed E-state index contributed by atoms with van der Waals surface area (Å²) in [7, 11) is 0. The van der Waals surface area contributed by atoms with Crippen molar-refractivity contribution in [3.63, 3.8) is 0 Å². The van der Waals surface area contributed by atoms with E-state index in [2.05, 4.69) is 15.3 Å². The first-order valence-electron chi connectivity index (χ1n) is 8.86. The van der Waals surface area contributed by atoms with Crippen LogP contribution in [0.15, 0.2) is 70.6 Å². The van der Waals surface area contributed by atoms with Crippen LogP contribution < -0.4 is 10.9 Å². The van der Waals surface area contributed by atoms with E-state index >= 15 is 0 Å². The quantitative estimate of drug-likeness (QED) is 0.632. The van der Waals surface area contributed by atoms with Crippen LogP contribution in [-0.2, 0) is 5.75 Å². The van der Waals surface area contributed by atoms with Gasteiger partial charge in [0.05, 0.1) is 5.03 Å². The number of hydrogen-bond donors (Lipinski definition) is 2. The Balaban J connectivity index is 1.45. The Morgan fingerprint density at radius 2 is 2.04 bits per heavy atom. The summed E-state index contributed by atoms with van der Waals surface area (Å²) >= 11 is 1.64. The van der Waals surface area contributed by atoms with Gasteiger partial charge in [-0.2, -0.15) is 0 Å². The highest BCUT2D eigenvalue weighted by atomic mass is 32.2. The number of hydrogen-bond acceptors (Lipinski definition) is 4.